The number of benzene rings is 1. The van der Waals surface area contributed by atoms with Crippen LogP contribution in [0, 0.1) is 17.0 Å². The molecule has 178 valence electrons. The lowest BCUT2D eigenvalue weighted by Gasteiger charge is -2.37. The molecule has 3 atom stereocenters. The molecule has 3 heterocycles. The zero-order chi connectivity index (χ0) is 24.5. The number of rotatable bonds is 4. The molecule has 1 aromatic carbocycles. The van der Waals surface area contributed by atoms with Crippen LogP contribution in [0.25, 0.3) is 22.8 Å². The van der Waals surface area contributed by atoms with Crippen LogP contribution in [0.2, 0.25) is 0 Å². The Morgan fingerprint density at radius 3 is 2.57 bits per heavy atom. The summed E-state index contributed by atoms with van der Waals surface area (Å²) in [7, 11) is 0. The molecule has 3 aromatic heterocycles. The first-order valence-electron chi connectivity index (χ1n) is 11.5. The van der Waals surface area contributed by atoms with Gasteiger partial charge < -0.3 is 9.52 Å². The maximum Gasteiger partial charge on any atom is 0.247 e. The van der Waals surface area contributed by atoms with E-state index in [1.54, 1.807) is 25.4 Å². The van der Waals surface area contributed by atoms with Crippen LogP contribution in [0.3, 0.4) is 0 Å². The van der Waals surface area contributed by atoms with E-state index in [1.807, 2.05) is 0 Å². The minimum atomic E-state index is -0.762. The summed E-state index contributed by atoms with van der Waals surface area (Å²) in [6.07, 6.45) is 5.62. The van der Waals surface area contributed by atoms with E-state index in [2.05, 4.69) is 34.0 Å². The largest absolute Gasteiger partial charge is 0.443 e. The summed E-state index contributed by atoms with van der Waals surface area (Å²) in [4.78, 5) is 13.6. The van der Waals surface area contributed by atoms with Crippen LogP contribution in [0.15, 0.2) is 47.3 Å². The number of aliphatic hydroxyl groups is 1. The highest BCUT2D eigenvalue weighted by Gasteiger charge is 2.65. The van der Waals surface area contributed by atoms with Crippen molar-refractivity contribution in [1.29, 1.82) is 0 Å². The molecule has 9 heteroatoms. The molecule has 35 heavy (non-hydrogen) atoms. The lowest BCUT2D eigenvalue weighted by Crippen LogP contribution is -2.38. The fourth-order valence-electron chi connectivity index (χ4n) is 6.03. The van der Waals surface area contributed by atoms with E-state index in [9.17, 15) is 13.9 Å². The molecule has 1 N–H and O–H groups in total. The van der Waals surface area contributed by atoms with Crippen molar-refractivity contribution in [2.75, 3.05) is 0 Å². The summed E-state index contributed by atoms with van der Waals surface area (Å²) in [6.45, 7) is 5.95. The average Bonchev–Trinajstić information content (AvgIpc) is 3.48. The molecule has 0 amide bonds. The number of hydrogen-bond acceptors (Lipinski definition) is 7. The van der Waals surface area contributed by atoms with Crippen LogP contribution in [0.4, 0.5) is 8.78 Å². The Kier molecular flexibility index (Phi) is 4.67. The standard InChI is InChI=1S/C26H23F2N5O2/c1-13(34)20-12-35-24(31-20)19-10-29-11-21(30-19)26-8-7-15(25(26,2)3)14-9-18(32-33-23(14)26)22-16(27)5-4-6-17(22)28/h4-6,9-13,15,34H,7-8H2,1-3H3/t13-,15+,26?/m1/s1. The van der Waals surface area contributed by atoms with Crippen molar-refractivity contribution in [3.05, 3.63) is 77.2 Å². The van der Waals surface area contributed by atoms with E-state index < -0.39 is 23.2 Å². The fourth-order valence-corrected chi connectivity index (χ4v) is 6.03. The van der Waals surface area contributed by atoms with E-state index in [1.165, 1.54) is 24.5 Å². The van der Waals surface area contributed by atoms with Gasteiger partial charge in [-0.15, -0.1) is 5.10 Å². The number of hydrogen-bond donors (Lipinski definition) is 1. The minimum Gasteiger partial charge on any atom is -0.443 e. The van der Waals surface area contributed by atoms with Crippen LogP contribution < -0.4 is 0 Å². The van der Waals surface area contributed by atoms with E-state index in [-0.39, 0.29) is 28.5 Å². The lowest BCUT2D eigenvalue weighted by molar-refractivity contribution is 0.194. The summed E-state index contributed by atoms with van der Waals surface area (Å²) >= 11 is 0. The number of nitrogens with zero attached hydrogens (tertiary/aromatic N) is 5. The smallest absolute Gasteiger partial charge is 0.247 e. The summed E-state index contributed by atoms with van der Waals surface area (Å²) < 4.78 is 34.5. The summed E-state index contributed by atoms with van der Waals surface area (Å²) in [5.41, 5.74) is 2.44. The van der Waals surface area contributed by atoms with Gasteiger partial charge >= 0.3 is 0 Å². The molecule has 4 aromatic rings. The van der Waals surface area contributed by atoms with Crippen LogP contribution in [-0.4, -0.2) is 30.3 Å². The van der Waals surface area contributed by atoms with Gasteiger partial charge in [0.05, 0.1) is 40.4 Å². The van der Waals surface area contributed by atoms with Crippen molar-refractivity contribution in [1.82, 2.24) is 25.1 Å². The number of oxazole rings is 1. The number of fused-ring (bicyclic) bond motifs is 5. The molecule has 7 nitrogen and oxygen atoms in total. The minimum absolute atomic E-state index is 0.121. The third kappa shape index (κ3) is 2.94. The van der Waals surface area contributed by atoms with Crippen LogP contribution in [0.1, 0.15) is 68.3 Å². The highest BCUT2D eigenvalue weighted by atomic mass is 19.1. The summed E-state index contributed by atoms with van der Waals surface area (Å²) in [6, 6.07) is 5.55. The van der Waals surface area contributed by atoms with E-state index >= 15 is 0 Å². The molecule has 0 radical (unpaired) electrons. The van der Waals surface area contributed by atoms with Gasteiger partial charge in [0.25, 0.3) is 0 Å². The zero-order valence-electron chi connectivity index (χ0n) is 19.5. The highest BCUT2D eigenvalue weighted by molar-refractivity contribution is 5.64. The molecule has 2 bridgehead atoms. The maximum absolute atomic E-state index is 14.5. The molecule has 0 saturated heterocycles. The SMILES string of the molecule is C[C@@H](O)c1coc(-c2cncc(C34CC[C@@H](c5cc(-c6c(F)cccc6F)nnc53)C4(C)C)n2)n1. The average molecular weight is 475 g/mol. The van der Waals surface area contributed by atoms with Gasteiger partial charge in [0.1, 0.15) is 29.3 Å². The Balaban J connectivity index is 1.49. The van der Waals surface area contributed by atoms with Crippen molar-refractivity contribution in [3.63, 3.8) is 0 Å². The Hall–Kier alpha value is -3.59. The van der Waals surface area contributed by atoms with Crippen molar-refractivity contribution >= 4 is 0 Å². The molecule has 1 unspecified atom stereocenters. The highest BCUT2D eigenvalue weighted by Crippen LogP contribution is 2.69. The maximum atomic E-state index is 14.5. The Morgan fingerprint density at radius 1 is 1.09 bits per heavy atom. The van der Waals surface area contributed by atoms with Crippen LogP contribution in [-0.2, 0) is 5.41 Å². The molecular weight excluding hydrogens is 452 g/mol. The number of aliphatic hydroxyl groups excluding tert-OH is 1. The zero-order valence-corrected chi connectivity index (χ0v) is 19.5. The quantitative estimate of drug-likeness (QED) is 0.437. The normalized spacial score (nSPS) is 22.9. The molecule has 0 aliphatic heterocycles. The second kappa shape index (κ2) is 7.45. The van der Waals surface area contributed by atoms with Gasteiger partial charge in [-0.25, -0.2) is 18.7 Å². The topological polar surface area (TPSA) is 97.8 Å². The lowest BCUT2D eigenvalue weighted by atomic mass is 9.66. The molecule has 1 fully saturated rings. The van der Waals surface area contributed by atoms with Crippen molar-refractivity contribution < 1.29 is 18.3 Å². The predicted molar refractivity (Wildman–Crippen MR) is 122 cm³/mol. The van der Waals surface area contributed by atoms with Gasteiger partial charge in [0, 0.05) is 6.20 Å². The Bertz CT molecular complexity index is 1450. The van der Waals surface area contributed by atoms with Crippen LogP contribution >= 0.6 is 0 Å². The Morgan fingerprint density at radius 2 is 1.86 bits per heavy atom. The van der Waals surface area contributed by atoms with Crippen molar-refractivity contribution in [3.8, 4) is 22.8 Å². The van der Waals surface area contributed by atoms with Gasteiger partial charge in [0.2, 0.25) is 5.89 Å². The van der Waals surface area contributed by atoms with Gasteiger partial charge in [-0.2, -0.15) is 5.10 Å². The molecule has 1 saturated carbocycles. The number of halogens is 2. The fraction of sp³-hybridized carbons (Fsp3) is 0.346. The van der Waals surface area contributed by atoms with Gasteiger partial charge in [-0.3, -0.25) is 4.98 Å². The third-order valence-corrected chi connectivity index (χ3v) is 7.84. The van der Waals surface area contributed by atoms with E-state index in [4.69, 9.17) is 9.40 Å². The first kappa shape index (κ1) is 21.9. The summed E-state index contributed by atoms with van der Waals surface area (Å²) in [5, 5.41) is 18.6. The molecular formula is C26H23F2N5O2. The molecule has 2 aliphatic carbocycles. The summed E-state index contributed by atoms with van der Waals surface area (Å²) in [5.74, 6) is -0.945. The van der Waals surface area contributed by atoms with Crippen molar-refractivity contribution in [2.24, 2.45) is 5.41 Å². The van der Waals surface area contributed by atoms with Gasteiger partial charge in [-0.1, -0.05) is 19.9 Å². The van der Waals surface area contributed by atoms with Crippen LogP contribution in [0.5, 0.6) is 0 Å². The second-order valence-electron chi connectivity index (χ2n) is 9.89. The van der Waals surface area contributed by atoms with Gasteiger partial charge in [0.15, 0.2) is 0 Å². The van der Waals surface area contributed by atoms with E-state index in [0.717, 1.165) is 29.8 Å². The second-order valence-corrected chi connectivity index (χ2v) is 9.89. The predicted octanol–water partition coefficient (Wildman–Crippen LogP) is 5.12. The first-order valence-corrected chi connectivity index (χ1v) is 11.5. The monoisotopic (exact) mass is 475 g/mol. The molecule has 6 rings (SSSR count). The third-order valence-electron chi connectivity index (χ3n) is 7.84. The molecule has 0 spiro atoms. The number of aromatic nitrogens is 5. The van der Waals surface area contributed by atoms with Gasteiger partial charge in [-0.05, 0) is 54.9 Å². The van der Waals surface area contributed by atoms with Crippen molar-refractivity contribution in [2.45, 2.75) is 51.0 Å². The first-order chi connectivity index (χ1) is 16.7. The van der Waals surface area contributed by atoms with E-state index in [0.29, 0.717) is 11.4 Å². The Labute approximate surface area is 200 Å². The molecule has 2 aliphatic rings.